The van der Waals surface area contributed by atoms with Gasteiger partial charge in [0.05, 0.1) is 20.8 Å². The third-order valence-corrected chi connectivity index (χ3v) is 2.91. The first kappa shape index (κ1) is 15.1. The third kappa shape index (κ3) is 4.69. The van der Waals surface area contributed by atoms with Crippen LogP contribution in [0.1, 0.15) is 25.8 Å². The van der Waals surface area contributed by atoms with Gasteiger partial charge in [-0.1, -0.05) is 6.92 Å². The highest BCUT2D eigenvalue weighted by atomic mass is 16.5. The predicted octanol–water partition coefficient (Wildman–Crippen LogP) is 1.91. The summed E-state index contributed by atoms with van der Waals surface area (Å²) in [6, 6.07) is 5.93. The number of ether oxygens (including phenoxy) is 2. The summed E-state index contributed by atoms with van der Waals surface area (Å²) in [4.78, 5) is 4.31. The number of methoxy groups -OCH3 is 2. The Morgan fingerprint density at radius 1 is 1.37 bits per heavy atom. The number of nitrogens with zero attached hydrogens (tertiary/aromatic N) is 1. The Morgan fingerprint density at radius 3 is 2.68 bits per heavy atom. The summed E-state index contributed by atoms with van der Waals surface area (Å²) in [5.41, 5.74) is 6.77. The minimum atomic E-state index is 0.316. The average molecular weight is 265 g/mol. The van der Waals surface area contributed by atoms with E-state index in [4.69, 9.17) is 15.2 Å². The van der Waals surface area contributed by atoms with Crippen LogP contribution in [0.15, 0.2) is 23.2 Å². The van der Waals surface area contributed by atoms with Crippen LogP contribution in [0.3, 0.4) is 0 Å². The Morgan fingerprint density at radius 2 is 2.11 bits per heavy atom. The van der Waals surface area contributed by atoms with E-state index in [9.17, 15) is 0 Å². The van der Waals surface area contributed by atoms with Crippen LogP contribution in [-0.2, 0) is 6.54 Å². The summed E-state index contributed by atoms with van der Waals surface area (Å²) in [5, 5.41) is 3.12. The topological polar surface area (TPSA) is 68.9 Å². The minimum absolute atomic E-state index is 0.316. The Hall–Kier alpha value is -1.91. The second-order valence-corrected chi connectivity index (χ2v) is 4.33. The van der Waals surface area contributed by atoms with E-state index in [1.54, 1.807) is 14.2 Å². The molecule has 1 atom stereocenters. The molecule has 0 amide bonds. The molecule has 1 rings (SSSR count). The van der Waals surface area contributed by atoms with E-state index in [1.165, 1.54) is 0 Å². The molecule has 19 heavy (non-hydrogen) atoms. The van der Waals surface area contributed by atoms with E-state index < -0.39 is 0 Å². The fraction of sp³-hybridized carbons (Fsp3) is 0.500. The smallest absolute Gasteiger partial charge is 0.189 e. The molecule has 0 saturated carbocycles. The molecule has 5 nitrogen and oxygen atoms in total. The lowest BCUT2D eigenvalue weighted by atomic mass is 10.2. The van der Waals surface area contributed by atoms with Gasteiger partial charge < -0.3 is 20.5 Å². The molecule has 3 N–H and O–H groups in total. The van der Waals surface area contributed by atoms with Crippen LogP contribution < -0.4 is 20.5 Å². The van der Waals surface area contributed by atoms with Crippen molar-refractivity contribution in [3.8, 4) is 11.5 Å². The second kappa shape index (κ2) is 7.51. The molecule has 0 aliphatic heterocycles. The van der Waals surface area contributed by atoms with Gasteiger partial charge >= 0.3 is 0 Å². The van der Waals surface area contributed by atoms with Gasteiger partial charge in [0.15, 0.2) is 5.96 Å². The van der Waals surface area contributed by atoms with E-state index in [-0.39, 0.29) is 0 Å². The Balaban J connectivity index is 2.77. The molecular formula is C14H23N3O2. The molecule has 106 valence electrons. The van der Waals surface area contributed by atoms with Crippen LogP contribution in [0.25, 0.3) is 0 Å². The first-order chi connectivity index (χ1) is 9.10. The van der Waals surface area contributed by atoms with Gasteiger partial charge in [0, 0.05) is 11.6 Å². The van der Waals surface area contributed by atoms with Gasteiger partial charge in [-0.3, -0.25) is 0 Å². The lowest BCUT2D eigenvalue weighted by Crippen LogP contribution is -2.38. The van der Waals surface area contributed by atoms with Crippen molar-refractivity contribution in [3.63, 3.8) is 0 Å². The molecule has 0 aromatic heterocycles. The molecule has 0 heterocycles. The molecule has 0 aliphatic carbocycles. The van der Waals surface area contributed by atoms with Gasteiger partial charge in [0.25, 0.3) is 0 Å². The molecule has 0 unspecified atom stereocenters. The number of benzene rings is 1. The fourth-order valence-electron chi connectivity index (χ4n) is 1.58. The highest BCUT2D eigenvalue weighted by Crippen LogP contribution is 2.24. The summed E-state index contributed by atoms with van der Waals surface area (Å²) < 4.78 is 10.5. The maximum atomic E-state index is 5.83. The third-order valence-electron chi connectivity index (χ3n) is 2.91. The summed E-state index contributed by atoms with van der Waals surface area (Å²) in [7, 11) is 3.27. The second-order valence-electron chi connectivity index (χ2n) is 4.33. The van der Waals surface area contributed by atoms with Crippen molar-refractivity contribution in [2.24, 2.45) is 10.7 Å². The van der Waals surface area contributed by atoms with Crippen molar-refractivity contribution in [3.05, 3.63) is 23.8 Å². The largest absolute Gasteiger partial charge is 0.497 e. The summed E-state index contributed by atoms with van der Waals surface area (Å²) in [5.74, 6) is 2.00. The van der Waals surface area contributed by atoms with Gasteiger partial charge in [0.2, 0.25) is 0 Å². The lowest BCUT2D eigenvalue weighted by molar-refractivity contribution is 0.399. The Bertz CT molecular complexity index is 433. The number of aliphatic imine (C=N–C) groups is 1. The van der Waals surface area contributed by atoms with Crippen LogP contribution in [0.2, 0.25) is 0 Å². The van der Waals surface area contributed by atoms with Gasteiger partial charge in [0.1, 0.15) is 11.5 Å². The van der Waals surface area contributed by atoms with Crippen LogP contribution in [0, 0.1) is 0 Å². The van der Waals surface area contributed by atoms with Gasteiger partial charge in [-0.25, -0.2) is 4.99 Å². The first-order valence-corrected chi connectivity index (χ1v) is 6.38. The molecular weight excluding hydrogens is 242 g/mol. The molecule has 1 aromatic carbocycles. The van der Waals surface area contributed by atoms with Crippen LogP contribution >= 0.6 is 0 Å². The Kier molecular flexibility index (Phi) is 5.99. The van der Waals surface area contributed by atoms with E-state index in [2.05, 4.69) is 24.2 Å². The fourth-order valence-corrected chi connectivity index (χ4v) is 1.58. The first-order valence-electron chi connectivity index (χ1n) is 6.38. The Labute approximate surface area is 114 Å². The molecule has 0 spiro atoms. The van der Waals surface area contributed by atoms with Crippen LogP contribution in [0.5, 0.6) is 11.5 Å². The normalized spacial score (nSPS) is 12.9. The highest BCUT2D eigenvalue weighted by Gasteiger charge is 2.05. The number of rotatable bonds is 6. The maximum Gasteiger partial charge on any atom is 0.189 e. The van der Waals surface area contributed by atoms with Crippen molar-refractivity contribution in [2.45, 2.75) is 32.9 Å². The molecule has 0 bridgehead atoms. The highest BCUT2D eigenvalue weighted by molar-refractivity contribution is 5.78. The zero-order valence-electron chi connectivity index (χ0n) is 12.1. The molecule has 1 aromatic rings. The molecule has 0 aliphatic rings. The van der Waals surface area contributed by atoms with Crippen molar-refractivity contribution in [1.29, 1.82) is 0 Å². The summed E-state index contributed by atoms with van der Waals surface area (Å²) in [6.45, 7) is 4.61. The monoisotopic (exact) mass is 265 g/mol. The van der Waals surface area contributed by atoms with Crippen molar-refractivity contribution in [1.82, 2.24) is 5.32 Å². The van der Waals surface area contributed by atoms with Crippen molar-refractivity contribution >= 4 is 5.96 Å². The van der Waals surface area contributed by atoms with Crippen molar-refractivity contribution in [2.75, 3.05) is 14.2 Å². The predicted molar refractivity (Wildman–Crippen MR) is 77.8 cm³/mol. The molecule has 0 fully saturated rings. The van der Waals surface area contributed by atoms with E-state index >= 15 is 0 Å². The van der Waals surface area contributed by atoms with E-state index in [0.717, 1.165) is 23.5 Å². The SMILES string of the molecule is CC[C@@H](C)NC(N)=NCc1cc(OC)ccc1OC. The average Bonchev–Trinajstić information content (AvgIpc) is 2.44. The number of guanidine groups is 1. The number of hydrogen-bond donors (Lipinski definition) is 2. The summed E-state index contributed by atoms with van der Waals surface area (Å²) in [6.07, 6.45) is 0.999. The standard InChI is InChI=1S/C14H23N3O2/c1-5-10(2)17-14(15)16-9-11-8-12(18-3)6-7-13(11)19-4/h6-8,10H,5,9H2,1-4H3,(H3,15,16,17)/t10-/m1/s1. The van der Waals surface area contributed by atoms with Gasteiger partial charge in [-0.15, -0.1) is 0 Å². The molecule has 0 radical (unpaired) electrons. The zero-order valence-corrected chi connectivity index (χ0v) is 12.1. The van der Waals surface area contributed by atoms with E-state index in [0.29, 0.717) is 18.5 Å². The number of hydrogen-bond acceptors (Lipinski definition) is 3. The van der Waals surface area contributed by atoms with E-state index in [1.807, 2.05) is 18.2 Å². The number of nitrogens with two attached hydrogens (primary N) is 1. The quantitative estimate of drug-likeness (QED) is 0.609. The number of nitrogens with one attached hydrogen (secondary N) is 1. The maximum absolute atomic E-state index is 5.83. The summed E-state index contributed by atoms with van der Waals surface area (Å²) >= 11 is 0. The lowest BCUT2D eigenvalue weighted by Gasteiger charge is -2.12. The minimum Gasteiger partial charge on any atom is -0.497 e. The zero-order chi connectivity index (χ0) is 14.3. The van der Waals surface area contributed by atoms with Crippen LogP contribution in [-0.4, -0.2) is 26.2 Å². The van der Waals surface area contributed by atoms with Crippen molar-refractivity contribution < 1.29 is 9.47 Å². The van der Waals surface area contributed by atoms with Crippen LogP contribution in [0.4, 0.5) is 0 Å². The van der Waals surface area contributed by atoms with Gasteiger partial charge in [-0.05, 0) is 31.5 Å². The molecule has 0 saturated heterocycles. The van der Waals surface area contributed by atoms with Gasteiger partial charge in [-0.2, -0.15) is 0 Å². The molecule has 5 heteroatoms.